The van der Waals surface area contributed by atoms with Gasteiger partial charge in [0.1, 0.15) is 0 Å². The van der Waals surface area contributed by atoms with E-state index >= 15 is 0 Å². The van der Waals surface area contributed by atoms with Crippen LogP contribution >= 0.6 is 0 Å². The van der Waals surface area contributed by atoms with Crippen LogP contribution in [0.4, 0.5) is 0 Å². The summed E-state index contributed by atoms with van der Waals surface area (Å²) in [6, 6.07) is 6.76. The molecular formula is C25H38O4. The van der Waals surface area contributed by atoms with E-state index in [1.165, 1.54) is 11.1 Å². The molecule has 0 heterocycles. The van der Waals surface area contributed by atoms with Crippen LogP contribution < -0.4 is 0 Å². The first kappa shape index (κ1) is 25.1. The van der Waals surface area contributed by atoms with Gasteiger partial charge in [-0.3, -0.25) is 0 Å². The molecule has 1 rings (SSSR count). The number of rotatable bonds is 13. The van der Waals surface area contributed by atoms with E-state index in [0.29, 0.717) is 18.4 Å². The van der Waals surface area contributed by atoms with Gasteiger partial charge in [0.2, 0.25) is 0 Å². The fraction of sp³-hybridized carbons (Fsp3) is 0.560. The minimum Gasteiger partial charge on any atom is -0.478 e. The maximum absolute atomic E-state index is 11.5. The van der Waals surface area contributed by atoms with Gasteiger partial charge in [0.15, 0.2) is 0 Å². The summed E-state index contributed by atoms with van der Waals surface area (Å²) in [4.78, 5) is 11.5. The van der Waals surface area contributed by atoms with Crippen LogP contribution in [0.5, 0.6) is 0 Å². The highest BCUT2D eigenvalue weighted by Crippen LogP contribution is 2.25. The van der Waals surface area contributed by atoms with E-state index in [1.807, 2.05) is 0 Å². The number of aromatic carboxylic acids is 1. The summed E-state index contributed by atoms with van der Waals surface area (Å²) in [7, 11) is 0. The predicted octanol–water partition coefficient (Wildman–Crippen LogP) is 5.54. The van der Waals surface area contributed by atoms with Crippen LogP contribution in [0.3, 0.4) is 0 Å². The van der Waals surface area contributed by atoms with Crippen molar-refractivity contribution in [3.8, 4) is 0 Å². The Morgan fingerprint density at radius 3 is 2.38 bits per heavy atom. The van der Waals surface area contributed by atoms with Crippen LogP contribution in [0.15, 0.2) is 47.6 Å². The average molecular weight is 403 g/mol. The van der Waals surface area contributed by atoms with Gasteiger partial charge in [-0.25, -0.2) is 4.79 Å². The predicted molar refractivity (Wildman–Crippen MR) is 119 cm³/mol. The Balaban J connectivity index is 2.91. The second-order valence-corrected chi connectivity index (χ2v) is 8.21. The largest absolute Gasteiger partial charge is 0.478 e. The van der Waals surface area contributed by atoms with Crippen LogP contribution in [0.25, 0.3) is 0 Å². The van der Waals surface area contributed by atoms with Crippen molar-refractivity contribution in [1.82, 2.24) is 0 Å². The molecule has 4 heteroatoms. The molecule has 0 aliphatic heterocycles. The van der Waals surface area contributed by atoms with Crippen molar-refractivity contribution in [2.24, 2.45) is 5.92 Å². The van der Waals surface area contributed by atoms with Gasteiger partial charge in [0, 0.05) is 5.92 Å². The number of hydrogen-bond donors (Lipinski definition) is 3. The van der Waals surface area contributed by atoms with Crippen molar-refractivity contribution in [2.75, 3.05) is 0 Å². The summed E-state index contributed by atoms with van der Waals surface area (Å²) in [5, 5.41) is 31.0. The van der Waals surface area contributed by atoms with Gasteiger partial charge in [-0.2, -0.15) is 0 Å². The van der Waals surface area contributed by atoms with Gasteiger partial charge in [-0.15, -0.1) is 0 Å². The Kier molecular flexibility index (Phi) is 11.6. The molecule has 0 saturated carbocycles. The molecule has 1 aromatic carbocycles. The van der Waals surface area contributed by atoms with E-state index in [9.17, 15) is 20.1 Å². The smallest absolute Gasteiger partial charge is 0.335 e. The zero-order chi connectivity index (χ0) is 21.8. The third-order valence-electron chi connectivity index (χ3n) is 5.35. The molecule has 0 bridgehead atoms. The fourth-order valence-electron chi connectivity index (χ4n) is 3.51. The number of carboxylic acid groups (broad SMARTS) is 1. The lowest BCUT2D eigenvalue weighted by atomic mass is 9.85. The Morgan fingerprint density at radius 2 is 1.76 bits per heavy atom. The van der Waals surface area contributed by atoms with Gasteiger partial charge in [0.25, 0.3) is 0 Å². The molecule has 0 aromatic heterocycles. The summed E-state index contributed by atoms with van der Waals surface area (Å²) in [6.07, 6.45) is 8.20. The molecule has 3 atom stereocenters. The van der Waals surface area contributed by atoms with Crippen molar-refractivity contribution in [3.63, 3.8) is 0 Å². The van der Waals surface area contributed by atoms with Crippen LogP contribution in [0.1, 0.15) is 82.1 Å². The second kappa shape index (κ2) is 13.3. The fourth-order valence-corrected chi connectivity index (χ4v) is 3.51. The molecule has 0 aliphatic rings. The highest BCUT2D eigenvalue weighted by atomic mass is 16.4. The van der Waals surface area contributed by atoms with Gasteiger partial charge in [-0.05, 0) is 64.5 Å². The molecule has 29 heavy (non-hydrogen) atoms. The number of unbranched alkanes of at least 4 members (excludes halogenated alkanes) is 1. The quantitative estimate of drug-likeness (QED) is 0.379. The first-order valence-electron chi connectivity index (χ1n) is 10.7. The lowest BCUT2D eigenvalue weighted by Gasteiger charge is -2.27. The van der Waals surface area contributed by atoms with E-state index in [4.69, 9.17) is 0 Å². The van der Waals surface area contributed by atoms with Crippen molar-refractivity contribution in [2.45, 2.75) is 84.8 Å². The molecule has 0 aliphatic carbocycles. The zero-order valence-corrected chi connectivity index (χ0v) is 18.4. The van der Waals surface area contributed by atoms with E-state index in [2.05, 4.69) is 39.8 Å². The Hall–Kier alpha value is -1.91. The molecule has 0 spiro atoms. The van der Waals surface area contributed by atoms with Gasteiger partial charge >= 0.3 is 5.97 Å². The molecule has 3 unspecified atom stereocenters. The minimum atomic E-state index is -0.995. The average Bonchev–Trinajstić information content (AvgIpc) is 2.66. The number of aliphatic hydroxyl groups is 2. The van der Waals surface area contributed by atoms with Crippen LogP contribution in [-0.4, -0.2) is 33.5 Å². The third kappa shape index (κ3) is 9.42. The Bertz CT molecular complexity index is 686. The molecule has 0 amide bonds. The molecule has 0 radical (unpaired) electrons. The van der Waals surface area contributed by atoms with Gasteiger partial charge in [-0.1, -0.05) is 61.3 Å². The number of aliphatic hydroxyl groups excluding tert-OH is 2. The highest BCUT2D eigenvalue weighted by molar-refractivity contribution is 5.89. The topological polar surface area (TPSA) is 77.8 Å². The number of hydrogen-bond acceptors (Lipinski definition) is 3. The Labute approximate surface area is 176 Å². The summed E-state index contributed by atoms with van der Waals surface area (Å²) >= 11 is 0. The second-order valence-electron chi connectivity index (χ2n) is 8.21. The number of carbonyl (C=O) groups is 1. The summed E-state index contributed by atoms with van der Waals surface area (Å²) < 4.78 is 0. The lowest BCUT2D eigenvalue weighted by molar-refractivity contribution is 0.00893. The van der Waals surface area contributed by atoms with Crippen molar-refractivity contribution in [3.05, 3.63) is 58.7 Å². The molecule has 3 N–H and O–H groups in total. The van der Waals surface area contributed by atoms with Gasteiger partial charge in [0.05, 0.1) is 17.8 Å². The van der Waals surface area contributed by atoms with Crippen LogP contribution in [0, 0.1) is 5.92 Å². The molecule has 4 nitrogen and oxygen atoms in total. The van der Waals surface area contributed by atoms with Crippen LogP contribution in [-0.2, 0) is 6.42 Å². The van der Waals surface area contributed by atoms with E-state index in [1.54, 1.807) is 24.3 Å². The number of allylic oxidation sites excluding steroid dienone is 4. The lowest BCUT2D eigenvalue weighted by Crippen LogP contribution is -2.33. The SMILES string of the molecule is CCCCC(O)C(C/C=C(\C)CCC=C(C)C)C(O)Cc1ccccc1C(=O)O. The maximum atomic E-state index is 11.5. The summed E-state index contributed by atoms with van der Waals surface area (Å²) in [5.41, 5.74) is 3.36. The first-order valence-corrected chi connectivity index (χ1v) is 10.7. The minimum absolute atomic E-state index is 0.210. The first-order chi connectivity index (χ1) is 13.8. The zero-order valence-electron chi connectivity index (χ0n) is 18.4. The molecule has 1 aromatic rings. The third-order valence-corrected chi connectivity index (χ3v) is 5.35. The summed E-state index contributed by atoms with van der Waals surface area (Å²) in [6.45, 7) is 8.34. The standard InChI is InChI=1S/C25H38O4/c1-5-6-14-23(26)22(16-15-19(4)11-9-10-18(2)3)24(27)17-20-12-7-8-13-21(20)25(28)29/h7-8,10,12-13,15,22-24,26-27H,5-6,9,11,14,16-17H2,1-4H3,(H,28,29)/b19-15+. The highest BCUT2D eigenvalue weighted by Gasteiger charge is 2.27. The van der Waals surface area contributed by atoms with E-state index in [0.717, 1.165) is 25.7 Å². The van der Waals surface area contributed by atoms with Gasteiger partial charge < -0.3 is 15.3 Å². The van der Waals surface area contributed by atoms with E-state index in [-0.39, 0.29) is 17.9 Å². The number of benzene rings is 1. The Morgan fingerprint density at radius 1 is 1.07 bits per heavy atom. The molecule has 0 saturated heterocycles. The van der Waals surface area contributed by atoms with Crippen molar-refractivity contribution >= 4 is 5.97 Å². The molecule has 0 fully saturated rings. The van der Waals surface area contributed by atoms with Crippen molar-refractivity contribution in [1.29, 1.82) is 0 Å². The maximum Gasteiger partial charge on any atom is 0.335 e. The van der Waals surface area contributed by atoms with Crippen LogP contribution in [0.2, 0.25) is 0 Å². The van der Waals surface area contributed by atoms with Crippen molar-refractivity contribution < 1.29 is 20.1 Å². The number of carboxylic acids is 1. The molecule has 162 valence electrons. The molecular weight excluding hydrogens is 364 g/mol. The van der Waals surface area contributed by atoms with E-state index < -0.39 is 18.2 Å². The summed E-state index contributed by atoms with van der Waals surface area (Å²) in [5.74, 6) is -1.31. The monoisotopic (exact) mass is 402 g/mol. The normalized spacial score (nSPS) is 14.9.